The van der Waals surface area contributed by atoms with Crippen LogP contribution in [0.5, 0.6) is 0 Å². The molecule has 0 N–H and O–H groups in total. The lowest BCUT2D eigenvalue weighted by Gasteiger charge is -2.25. The Bertz CT molecular complexity index is 79.3. The lowest BCUT2D eigenvalue weighted by Crippen LogP contribution is -2.28. The lowest BCUT2D eigenvalue weighted by atomic mass is 10.1. The van der Waals surface area contributed by atoms with Gasteiger partial charge in [-0.25, -0.2) is 0 Å². The molecule has 0 aliphatic carbocycles. The molecule has 1 heterocycles. The predicted molar refractivity (Wildman–Crippen MR) is 40.0 cm³/mol. The van der Waals surface area contributed by atoms with Gasteiger partial charge >= 0.3 is 0 Å². The van der Waals surface area contributed by atoms with Gasteiger partial charge in [-0.05, 0) is 12.8 Å². The Morgan fingerprint density at radius 2 is 2.20 bits per heavy atom. The minimum absolute atomic E-state index is 0.789. The van der Waals surface area contributed by atoms with E-state index in [9.17, 15) is 0 Å². The Balaban J connectivity index is 1.76. The first-order valence-electron chi connectivity index (χ1n) is 4.09. The topological polar surface area (TPSA) is 18.5 Å². The highest BCUT2D eigenvalue weighted by Gasteiger charge is 2.17. The fraction of sp³-hybridized carbons (Fsp3) is 1.00. The van der Waals surface area contributed by atoms with Gasteiger partial charge < -0.3 is 9.47 Å². The van der Waals surface area contributed by atoms with Gasteiger partial charge in [0.1, 0.15) is 0 Å². The SMILES string of the molecule is CCCOCCC1COC1. The van der Waals surface area contributed by atoms with E-state index in [1.807, 2.05) is 0 Å². The largest absolute Gasteiger partial charge is 0.381 e. The van der Waals surface area contributed by atoms with Crippen molar-refractivity contribution in [2.75, 3.05) is 26.4 Å². The first-order valence-corrected chi connectivity index (χ1v) is 4.09. The molecule has 0 bridgehead atoms. The third-order valence-electron chi connectivity index (χ3n) is 1.73. The molecule has 10 heavy (non-hydrogen) atoms. The summed E-state index contributed by atoms with van der Waals surface area (Å²) in [6.45, 7) is 5.87. The van der Waals surface area contributed by atoms with Crippen LogP contribution in [0.25, 0.3) is 0 Å². The van der Waals surface area contributed by atoms with Crippen LogP contribution in [-0.2, 0) is 9.47 Å². The Morgan fingerprint density at radius 3 is 2.70 bits per heavy atom. The van der Waals surface area contributed by atoms with Crippen molar-refractivity contribution in [2.45, 2.75) is 19.8 Å². The van der Waals surface area contributed by atoms with Gasteiger partial charge in [-0.1, -0.05) is 6.92 Å². The Labute approximate surface area is 62.5 Å². The highest BCUT2D eigenvalue weighted by molar-refractivity contribution is 4.64. The molecule has 0 saturated carbocycles. The van der Waals surface area contributed by atoms with Gasteiger partial charge in [0.2, 0.25) is 0 Å². The summed E-state index contributed by atoms with van der Waals surface area (Å²) in [6, 6.07) is 0. The predicted octanol–water partition coefficient (Wildman–Crippen LogP) is 1.45. The average molecular weight is 144 g/mol. The van der Waals surface area contributed by atoms with Gasteiger partial charge in [-0.15, -0.1) is 0 Å². The van der Waals surface area contributed by atoms with E-state index in [0.717, 1.165) is 38.8 Å². The molecule has 0 radical (unpaired) electrons. The van der Waals surface area contributed by atoms with Crippen molar-refractivity contribution in [3.8, 4) is 0 Å². The van der Waals surface area contributed by atoms with Crippen LogP contribution in [0.1, 0.15) is 19.8 Å². The molecule has 0 spiro atoms. The minimum atomic E-state index is 0.789. The zero-order valence-electron chi connectivity index (χ0n) is 6.64. The van der Waals surface area contributed by atoms with Crippen LogP contribution in [0.4, 0.5) is 0 Å². The van der Waals surface area contributed by atoms with E-state index in [1.54, 1.807) is 0 Å². The smallest absolute Gasteiger partial charge is 0.0517 e. The standard InChI is InChI=1S/C8H16O2/c1-2-4-9-5-3-8-6-10-7-8/h8H,2-7H2,1H3. The van der Waals surface area contributed by atoms with Crippen LogP contribution in [0, 0.1) is 5.92 Å². The van der Waals surface area contributed by atoms with Crippen LogP contribution in [-0.4, -0.2) is 26.4 Å². The molecule has 1 aliphatic heterocycles. The number of ether oxygens (including phenoxy) is 2. The van der Waals surface area contributed by atoms with Gasteiger partial charge in [-0.3, -0.25) is 0 Å². The summed E-state index contributed by atoms with van der Waals surface area (Å²) < 4.78 is 10.4. The van der Waals surface area contributed by atoms with Crippen molar-refractivity contribution in [3.63, 3.8) is 0 Å². The van der Waals surface area contributed by atoms with Gasteiger partial charge in [0.15, 0.2) is 0 Å². The summed E-state index contributed by atoms with van der Waals surface area (Å²) in [7, 11) is 0. The van der Waals surface area contributed by atoms with Crippen LogP contribution < -0.4 is 0 Å². The number of hydrogen-bond acceptors (Lipinski definition) is 2. The monoisotopic (exact) mass is 144 g/mol. The van der Waals surface area contributed by atoms with Crippen LogP contribution in [0.2, 0.25) is 0 Å². The Kier molecular flexibility index (Phi) is 3.76. The molecule has 0 aromatic heterocycles. The summed E-state index contributed by atoms with van der Waals surface area (Å²) in [5, 5.41) is 0. The van der Waals surface area contributed by atoms with E-state index in [4.69, 9.17) is 9.47 Å². The molecule has 0 aromatic carbocycles. The van der Waals surface area contributed by atoms with Crippen molar-refractivity contribution >= 4 is 0 Å². The molecule has 2 heteroatoms. The summed E-state index contributed by atoms with van der Waals surface area (Å²) in [6.07, 6.45) is 2.31. The van der Waals surface area contributed by atoms with E-state index < -0.39 is 0 Å². The highest BCUT2D eigenvalue weighted by Crippen LogP contribution is 2.13. The van der Waals surface area contributed by atoms with Crippen LogP contribution in [0.3, 0.4) is 0 Å². The molecule has 1 aliphatic rings. The molecule has 0 atom stereocenters. The number of rotatable bonds is 5. The zero-order chi connectivity index (χ0) is 7.23. The van der Waals surface area contributed by atoms with Crippen molar-refractivity contribution in [2.24, 2.45) is 5.92 Å². The molecule has 1 rings (SSSR count). The van der Waals surface area contributed by atoms with E-state index in [2.05, 4.69) is 6.92 Å². The molecule has 0 aromatic rings. The van der Waals surface area contributed by atoms with E-state index in [-0.39, 0.29) is 0 Å². The summed E-state index contributed by atoms with van der Waals surface area (Å²) in [5.41, 5.74) is 0. The second kappa shape index (κ2) is 4.69. The van der Waals surface area contributed by atoms with Crippen molar-refractivity contribution in [1.29, 1.82) is 0 Å². The van der Waals surface area contributed by atoms with Gasteiger partial charge in [0.25, 0.3) is 0 Å². The molecule has 1 fully saturated rings. The van der Waals surface area contributed by atoms with E-state index >= 15 is 0 Å². The maximum atomic E-state index is 5.33. The molecule has 1 saturated heterocycles. The molecular formula is C8H16O2. The Hall–Kier alpha value is -0.0800. The van der Waals surface area contributed by atoms with Gasteiger partial charge in [0, 0.05) is 19.1 Å². The average Bonchev–Trinajstić information content (AvgIpc) is 1.84. The van der Waals surface area contributed by atoms with Gasteiger partial charge in [0.05, 0.1) is 13.2 Å². The third-order valence-corrected chi connectivity index (χ3v) is 1.73. The molecule has 0 amide bonds. The second-order valence-electron chi connectivity index (χ2n) is 2.80. The third kappa shape index (κ3) is 2.67. The molecular weight excluding hydrogens is 128 g/mol. The van der Waals surface area contributed by atoms with E-state index in [0.29, 0.717) is 0 Å². The Morgan fingerprint density at radius 1 is 1.40 bits per heavy atom. The minimum Gasteiger partial charge on any atom is -0.381 e. The second-order valence-corrected chi connectivity index (χ2v) is 2.80. The molecule has 2 nitrogen and oxygen atoms in total. The first kappa shape index (κ1) is 8.02. The summed E-state index contributed by atoms with van der Waals surface area (Å²) >= 11 is 0. The fourth-order valence-corrected chi connectivity index (χ4v) is 0.948. The van der Waals surface area contributed by atoms with Crippen molar-refractivity contribution in [3.05, 3.63) is 0 Å². The number of hydrogen-bond donors (Lipinski definition) is 0. The first-order chi connectivity index (χ1) is 4.93. The van der Waals surface area contributed by atoms with Gasteiger partial charge in [-0.2, -0.15) is 0 Å². The maximum Gasteiger partial charge on any atom is 0.0517 e. The van der Waals surface area contributed by atoms with Crippen molar-refractivity contribution < 1.29 is 9.47 Å². The quantitative estimate of drug-likeness (QED) is 0.544. The molecule has 0 unspecified atom stereocenters. The molecule has 60 valence electrons. The van der Waals surface area contributed by atoms with E-state index in [1.165, 1.54) is 6.42 Å². The summed E-state index contributed by atoms with van der Waals surface area (Å²) in [5.74, 6) is 0.789. The normalized spacial score (nSPS) is 18.9. The lowest BCUT2D eigenvalue weighted by molar-refractivity contribution is -0.0466. The highest BCUT2D eigenvalue weighted by atomic mass is 16.5. The van der Waals surface area contributed by atoms with Crippen LogP contribution >= 0.6 is 0 Å². The maximum absolute atomic E-state index is 5.33. The van der Waals surface area contributed by atoms with Crippen LogP contribution in [0.15, 0.2) is 0 Å². The zero-order valence-corrected chi connectivity index (χ0v) is 6.64. The fourth-order valence-electron chi connectivity index (χ4n) is 0.948. The van der Waals surface area contributed by atoms with Crippen molar-refractivity contribution in [1.82, 2.24) is 0 Å². The summed E-state index contributed by atoms with van der Waals surface area (Å²) in [4.78, 5) is 0.